The summed E-state index contributed by atoms with van der Waals surface area (Å²) < 4.78 is 34.2. The Bertz CT molecular complexity index is 531. The molecule has 0 aliphatic carbocycles. The first kappa shape index (κ1) is 39.1. The van der Waals surface area contributed by atoms with Crippen molar-refractivity contribution < 1.29 is 37.9 Å². The van der Waals surface area contributed by atoms with Crippen molar-refractivity contribution in [3.8, 4) is 0 Å². The SMILES string of the molecule is CCCCCCCCCCCCCCCCCCOC[C@H](COP(=O)(O)O[C@H](C)C[N+](C)(C)C)OC.[OH-]. The summed E-state index contributed by atoms with van der Waals surface area (Å²) in [5, 5.41) is 0. The summed E-state index contributed by atoms with van der Waals surface area (Å²) in [5.74, 6) is 0. The summed E-state index contributed by atoms with van der Waals surface area (Å²) in [4.78, 5) is 9.96. The molecule has 0 saturated carbocycles. The van der Waals surface area contributed by atoms with Crippen molar-refractivity contribution in [2.24, 2.45) is 0 Å². The van der Waals surface area contributed by atoms with E-state index in [9.17, 15) is 9.46 Å². The fourth-order valence-electron chi connectivity index (χ4n) is 4.39. The zero-order valence-corrected chi connectivity index (χ0v) is 26.0. The van der Waals surface area contributed by atoms with Crippen molar-refractivity contribution in [1.29, 1.82) is 0 Å². The first-order valence-corrected chi connectivity index (χ1v) is 16.2. The lowest BCUT2D eigenvalue weighted by Crippen LogP contribution is -2.41. The number of hydrogen-bond acceptors (Lipinski definition) is 6. The number of phosphoric ester groups is 1. The van der Waals surface area contributed by atoms with Crippen molar-refractivity contribution in [2.75, 3.05) is 54.6 Å². The van der Waals surface area contributed by atoms with Gasteiger partial charge in [0, 0.05) is 13.7 Å². The van der Waals surface area contributed by atoms with Gasteiger partial charge in [-0.15, -0.1) is 0 Å². The Balaban J connectivity index is 0. The molecule has 0 aromatic heterocycles. The average molecular weight is 556 g/mol. The first-order valence-electron chi connectivity index (χ1n) is 14.7. The highest BCUT2D eigenvalue weighted by Gasteiger charge is 2.28. The summed E-state index contributed by atoms with van der Waals surface area (Å²) in [7, 11) is 3.43. The highest BCUT2D eigenvalue weighted by Crippen LogP contribution is 2.44. The Morgan fingerprint density at radius 3 is 1.59 bits per heavy atom. The van der Waals surface area contributed by atoms with Crippen LogP contribution in [0.15, 0.2) is 0 Å². The number of hydrogen-bond donors (Lipinski definition) is 1. The van der Waals surface area contributed by atoms with Crippen LogP contribution in [0.5, 0.6) is 0 Å². The van der Waals surface area contributed by atoms with Gasteiger partial charge in [0.1, 0.15) is 18.8 Å². The van der Waals surface area contributed by atoms with E-state index in [0.29, 0.717) is 24.2 Å². The second kappa shape index (κ2) is 25.0. The quantitative estimate of drug-likeness (QED) is 0.0643. The lowest BCUT2D eigenvalue weighted by Gasteiger charge is -2.28. The van der Waals surface area contributed by atoms with Crippen molar-refractivity contribution in [1.82, 2.24) is 0 Å². The van der Waals surface area contributed by atoms with E-state index in [0.717, 1.165) is 6.42 Å². The minimum absolute atomic E-state index is 0. The Morgan fingerprint density at radius 1 is 0.757 bits per heavy atom. The maximum absolute atomic E-state index is 12.2. The first-order chi connectivity index (χ1) is 17.1. The van der Waals surface area contributed by atoms with E-state index in [1.807, 2.05) is 21.1 Å². The lowest BCUT2D eigenvalue weighted by atomic mass is 10.0. The number of unbranched alkanes of at least 4 members (excludes halogenated alkanes) is 15. The number of likely N-dealkylation sites (N-methyl/N-ethyl adjacent to an activating group) is 1. The molecule has 9 heteroatoms. The molecule has 0 aliphatic rings. The van der Waals surface area contributed by atoms with Crippen LogP contribution in [-0.4, -0.2) is 81.7 Å². The standard InChI is InChI=1S/C28H60NO6P.H2O/c1-7-8-9-10-11-12-13-14-15-16-17-18-19-20-21-22-23-33-25-28(32-6)26-34-36(30,31)35-27(2)24-29(3,4)5;/h27-28H,7-26H2,1-6H3;1H2/t27-,28-;/m1./s1. The van der Waals surface area contributed by atoms with E-state index < -0.39 is 20.0 Å². The number of phosphoric acid groups is 1. The van der Waals surface area contributed by atoms with Crippen molar-refractivity contribution in [2.45, 2.75) is 129 Å². The predicted molar refractivity (Wildman–Crippen MR) is 152 cm³/mol. The molecule has 8 nitrogen and oxygen atoms in total. The second-order valence-electron chi connectivity index (χ2n) is 11.4. The van der Waals surface area contributed by atoms with Crippen LogP contribution >= 0.6 is 7.82 Å². The molecule has 0 spiro atoms. The molecule has 0 amide bonds. The Kier molecular flexibility index (Phi) is 26.4. The fraction of sp³-hybridized carbons (Fsp3) is 1.00. The van der Waals surface area contributed by atoms with Gasteiger partial charge in [0.15, 0.2) is 0 Å². The Morgan fingerprint density at radius 2 is 1.19 bits per heavy atom. The fourth-order valence-corrected chi connectivity index (χ4v) is 5.33. The third kappa shape index (κ3) is 28.8. The molecular formula is C28H62NO7P. The summed E-state index contributed by atoms with van der Waals surface area (Å²) in [6.07, 6.45) is 20.8. The van der Waals surface area contributed by atoms with Gasteiger partial charge in [-0.2, -0.15) is 0 Å². The van der Waals surface area contributed by atoms with Crippen LogP contribution in [0.25, 0.3) is 0 Å². The molecule has 0 saturated heterocycles. The van der Waals surface area contributed by atoms with E-state index in [2.05, 4.69) is 6.92 Å². The zero-order chi connectivity index (χ0) is 27.1. The second-order valence-corrected chi connectivity index (χ2v) is 12.8. The molecule has 0 aliphatic heterocycles. The molecule has 2 N–H and O–H groups in total. The molecule has 226 valence electrons. The van der Waals surface area contributed by atoms with Crippen LogP contribution in [0.4, 0.5) is 0 Å². The van der Waals surface area contributed by atoms with Gasteiger partial charge in [-0.3, -0.25) is 9.05 Å². The van der Waals surface area contributed by atoms with E-state index in [1.54, 1.807) is 14.0 Å². The highest BCUT2D eigenvalue weighted by molar-refractivity contribution is 7.47. The van der Waals surface area contributed by atoms with E-state index >= 15 is 0 Å². The summed E-state index contributed by atoms with van der Waals surface area (Å²) in [6.45, 7) is 5.61. The number of ether oxygens (including phenoxy) is 2. The van der Waals surface area contributed by atoms with Gasteiger partial charge in [-0.05, 0) is 13.3 Å². The van der Waals surface area contributed by atoms with Crippen LogP contribution in [0.1, 0.15) is 117 Å². The van der Waals surface area contributed by atoms with Gasteiger partial charge in [0.05, 0.1) is 34.4 Å². The van der Waals surface area contributed by atoms with Crippen molar-refractivity contribution >= 4 is 7.82 Å². The third-order valence-electron chi connectivity index (χ3n) is 6.32. The molecule has 0 rings (SSSR count). The maximum Gasteiger partial charge on any atom is 0.472 e. The van der Waals surface area contributed by atoms with Crippen molar-refractivity contribution in [3.63, 3.8) is 0 Å². The molecule has 0 fully saturated rings. The molecule has 0 bridgehead atoms. The Hall–Kier alpha value is -0.0500. The molecule has 0 radical (unpaired) electrons. The molecule has 0 heterocycles. The number of quaternary nitrogens is 1. The maximum atomic E-state index is 12.2. The molecular weight excluding hydrogens is 493 g/mol. The normalized spacial score (nSPS) is 15.2. The minimum atomic E-state index is -4.13. The van der Waals surface area contributed by atoms with Gasteiger partial charge >= 0.3 is 7.82 Å². The molecule has 0 aromatic rings. The molecule has 3 atom stereocenters. The van der Waals surface area contributed by atoms with Gasteiger partial charge in [0.25, 0.3) is 0 Å². The number of rotatable bonds is 27. The van der Waals surface area contributed by atoms with Crippen LogP contribution in [0.2, 0.25) is 0 Å². The summed E-state index contributed by atoms with van der Waals surface area (Å²) in [6, 6.07) is 0. The van der Waals surface area contributed by atoms with Crippen LogP contribution in [0, 0.1) is 0 Å². The zero-order valence-electron chi connectivity index (χ0n) is 25.1. The van der Waals surface area contributed by atoms with Gasteiger partial charge in [0.2, 0.25) is 0 Å². The van der Waals surface area contributed by atoms with E-state index in [-0.39, 0.29) is 12.1 Å². The molecule has 37 heavy (non-hydrogen) atoms. The van der Waals surface area contributed by atoms with Gasteiger partial charge in [-0.25, -0.2) is 4.57 Å². The predicted octanol–water partition coefficient (Wildman–Crippen LogP) is 7.33. The molecule has 0 aromatic carbocycles. The average Bonchev–Trinajstić information content (AvgIpc) is 2.78. The van der Waals surface area contributed by atoms with Gasteiger partial charge < -0.3 is 24.3 Å². The van der Waals surface area contributed by atoms with E-state index in [4.69, 9.17) is 18.5 Å². The van der Waals surface area contributed by atoms with Crippen LogP contribution < -0.4 is 0 Å². The Labute approximate surface area is 229 Å². The van der Waals surface area contributed by atoms with E-state index in [1.165, 1.54) is 96.3 Å². The lowest BCUT2D eigenvalue weighted by molar-refractivity contribution is -0.873. The summed E-state index contributed by atoms with van der Waals surface area (Å²) >= 11 is 0. The van der Waals surface area contributed by atoms with Gasteiger partial charge in [-0.1, -0.05) is 103 Å². The van der Waals surface area contributed by atoms with Crippen LogP contribution in [0.3, 0.4) is 0 Å². The number of nitrogens with zero attached hydrogens (tertiary/aromatic N) is 1. The number of methoxy groups -OCH3 is 1. The largest absolute Gasteiger partial charge is 0.870 e. The monoisotopic (exact) mass is 555 g/mol. The smallest absolute Gasteiger partial charge is 0.472 e. The molecule has 1 unspecified atom stereocenters. The van der Waals surface area contributed by atoms with Crippen molar-refractivity contribution in [3.05, 3.63) is 0 Å². The van der Waals surface area contributed by atoms with Crippen LogP contribution in [-0.2, 0) is 23.1 Å². The highest BCUT2D eigenvalue weighted by atomic mass is 31.2. The topological polar surface area (TPSA) is 104 Å². The minimum Gasteiger partial charge on any atom is -0.870 e. The summed E-state index contributed by atoms with van der Waals surface area (Å²) in [5.41, 5.74) is 0. The third-order valence-corrected chi connectivity index (χ3v) is 7.42.